The van der Waals surface area contributed by atoms with Crippen molar-refractivity contribution in [1.82, 2.24) is 5.12 Å². The van der Waals surface area contributed by atoms with Crippen molar-refractivity contribution in [2.45, 2.75) is 25.6 Å². The van der Waals surface area contributed by atoms with Gasteiger partial charge >= 0.3 is 0 Å². The van der Waals surface area contributed by atoms with Crippen molar-refractivity contribution in [2.75, 3.05) is 6.54 Å². The van der Waals surface area contributed by atoms with E-state index >= 15 is 0 Å². The van der Waals surface area contributed by atoms with Crippen molar-refractivity contribution in [3.8, 4) is 0 Å². The average molecular weight is 158 g/mol. The van der Waals surface area contributed by atoms with E-state index in [1.54, 1.807) is 0 Å². The largest absolute Gasteiger partial charge is 0.228 e. The lowest BCUT2D eigenvalue weighted by atomic mass is 10.1. The molecule has 1 aliphatic rings. The van der Waals surface area contributed by atoms with Crippen LogP contribution in [0.5, 0.6) is 0 Å². The number of piperidine rings is 1. The van der Waals surface area contributed by atoms with Crippen LogP contribution in [0.4, 0.5) is 8.87 Å². The highest BCUT2D eigenvalue weighted by atomic mass is 35.5. The van der Waals surface area contributed by atoms with Crippen LogP contribution < -0.4 is 0 Å². The van der Waals surface area contributed by atoms with E-state index in [0.717, 1.165) is 12.8 Å². The molecule has 0 amide bonds. The monoisotopic (exact) mass is 157 g/mol. The predicted molar refractivity (Wildman–Crippen MR) is 33.8 cm³/mol. The third kappa shape index (κ3) is 2.45. The molecule has 0 spiro atoms. The molecule has 0 aromatic heterocycles. The fraction of sp³-hybridized carbons (Fsp3) is 1.00. The highest BCUT2D eigenvalue weighted by molar-refractivity contribution is 5.85. The molecule has 0 aromatic carbocycles. The van der Waals surface area contributed by atoms with Crippen LogP contribution in [0.3, 0.4) is 0 Å². The first-order chi connectivity index (χ1) is 3.80. The van der Waals surface area contributed by atoms with E-state index in [4.69, 9.17) is 0 Å². The van der Waals surface area contributed by atoms with Crippen molar-refractivity contribution >= 4 is 12.4 Å². The summed E-state index contributed by atoms with van der Waals surface area (Å²) in [4.78, 5) is 0. The molecule has 0 aliphatic carbocycles. The lowest BCUT2D eigenvalue weighted by Gasteiger charge is -2.20. The van der Waals surface area contributed by atoms with Crippen molar-refractivity contribution in [2.24, 2.45) is 0 Å². The van der Waals surface area contributed by atoms with Gasteiger partial charge in [0.1, 0.15) is 0 Å². The summed E-state index contributed by atoms with van der Waals surface area (Å²) in [7, 11) is 0. The Morgan fingerprint density at radius 2 is 2.00 bits per heavy atom. The zero-order chi connectivity index (χ0) is 5.98. The zero-order valence-corrected chi connectivity index (χ0v) is 5.83. The first kappa shape index (κ1) is 9.11. The molecule has 1 atom stereocenters. The molecule has 4 heteroatoms. The first-order valence-electron chi connectivity index (χ1n) is 2.87. The molecule has 56 valence electrons. The molecule has 9 heavy (non-hydrogen) atoms. The lowest BCUT2D eigenvalue weighted by Crippen LogP contribution is -2.28. The molecule has 1 aliphatic heterocycles. The van der Waals surface area contributed by atoms with Crippen LogP contribution in [0.25, 0.3) is 0 Å². The van der Waals surface area contributed by atoms with Gasteiger partial charge in [-0.2, -0.15) is 0 Å². The third-order valence-electron chi connectivity index (χ3n) is 1.37. The highest BCUT2D eigenvalue weighted by Gasteiger charge is 2.20. The van der Waals surface area contributed by atoms with E-state index in [-0.39, 0.29) is 24.1 Å². The molecule has 1 heterocycles. The highest BCUT2D eigenvalue weighted by Crippen LogP contribution is 2.17. The summed E-state index contributed by atoms with van der Waals surface area (Å²) in [5.41, 5.74) is 0. The second-order valence-electron chi connectivity index (χ2n) is 2.05. The van der Waals surface area contributed by atoms with E-state index in [1.807, 2.05) is 0 Å². The Labute approximate surface area is 59.4 Å². The lowest BCUT2D eigenvalue weighted by molar-refractivity contribution is -0.100. The summed E-state index contributed by atoms with van der Waals surface area (Å²) in [6.45, 7) is 0.265. The number of halogens is 3. The Bertz CT molecular complexity index is 71.4. The van der Waals surface area contributed by atoms with Crippen molar-refractivity contribution < 1.29 is 8.87 Å². The minimum absolute atomic E-state index is 0. The Balaban J connectivity index is 0.000000640. The summed E-state index contributed by atoms with van der Waals surface area (Å²) in [6, 6.07) is 0. The second-order valence-corrected chi connectivity index (χ2v) is 2.05. The molecule has 0 radical (unpaired) electrons. The maximum atomic E-state index is 12.1. The average Bonchev–Trinajstić information content (AvgIpc) is 1.77. The third-order valence-corrected chi connectivity index (χ3v) is 1.37. The maximum Gasteiger partial charge on any atom is 0.180 e. The summed E-state index contributed by atoms with van der Waals surface area (Å²) in [6.07, 6.45) is 0.637. The minimum atomic E-state index is -1.33. The number of nitrogens with zero attached hydrogens (tertiary/aromatic N) is 1. The molecule has 1 unspecified atom stereocenters. The molecule has 1 saturated heterocycles. The summed E-state index contributed by atoms with van der Waals surface area (Å²) in [5.74, 6) is 0. The summed E-state index contributed by atoms with van der Waals surface area (Å²) < 4.78 is 24.2. The number of hydrogen-bond donors (Lipinski definition) is 0. The molecule has 0 bridgehead atoms. The number of rotatable bonds is 0. The molecule has 0 aromatic rings. The van der Waals surface area contributed by atoms with Crippen LogP contribution >= 0.6 is 12.4 Å². The van der Waals surface area contributed by atoms with Gasteiger partial charge in [0, 0.05) is 6.54 Å². The molecular formula is C5H10ClF2N. The fourth-order valence-corrected chi connectivity index (χ4v) is 0.856. The van der Waals surface area contributed by atoms with Gasteiger partial charge in [-0.1, -0.05) is 0 Å². The molecule has 1 nitrogen and oxygen atoms in total. The molecule has 0 N–H and O–H groups in total. The quantitative estimate of drug-likeness (QED) is 0.385. The second kappa shape index (κ2) is 4.01. The maximum absolute atomic E-state index is 12.1. The van der Waals surface area contributed by atoms with Gasteiger partial charge in [-0.25, -0.2) is 4.39 Å². The zero-order valence-electron chi connectivity index (χ0n) is 5.02. The van der Waals surface area contributed by atoms with Crippen LogP contribution in [0.1, 0.15) is 19.3 Å². The fourth-order valence-electron chi connectivity index (χ4n) is 0.856. The van der Waals surface area contributed by atoms with Gasteiger partial charge in [-0.15, -0.1) is 22.0 Å². The molecule has 1 rings (SSSR count). The Hall–Kier alpha value is 0.110. The predicted octanol–water partition coefficient (Wildman–Crippen LogP) is 2.07. The standard InChI is InChI=1S/C5H9F2N.ClH/c6-5-3-1-2-4-8(5)7;/h5H,1-4H2;1H. The SMILES string of the molecule is Cl.FC1CCCCN1F. The number of alkyl halides is 1. The Kier molecular flexibility index (Phi) is 4.06. The van der Waals surface area contributed by atoms with Gasteiger partial charge in [0.25, 0.3) is 0 Å². The van der Waals surface area contributed by atoms with E-state index in [1.165, 1.54) is 0 Å². The topological polar surface area (TPSA) is 3.24 Å². The van der Waals surface area contributed by atoms with Crippen LogP contribution in [0, 0.1) is 0 Å². The number of hydrogen-bond acceptors (Lipinski definition) is 1. The Morgan fingerprint density at radius 3 is 2.33 bits per heavy atom. The summed E-state index contributed by atoms with van der Waals surface area (Å²) in [5, 5.41) is 0.267. The van der Waals surface area contributed by atoms with E-state index in [9.17, 15) is 8.87 Å². The summed E-state index contributed by atoms with van der Waals surface area (Å²) >= 11 is 0. The van der Waals surface area contributed by atoms with E-state index in [0.29, 0.717) is 6.42 Å². The molecule has 1 fully saturated rings. The van der Waals surface area contributed by atoms with Crippen molar-refractivity contribution in [3.63, 3.8) is 0 Å². The van der Waals surface area contributed by atoms with Crippen LogP contribution in [0.2, 0.25) is 0 Å². The van der Waals surface area contributed by atoms with Gasteiger partial charge in [-0.05, 0) is 19.3 Å². The van der Waals surface area contributed by atoms with Gasteiger partial charge in [0.15, 0.2) is 6.30 Å². The normalized spacial score (nSPS) is 29.3. The van der Waals surface area contributed by atoms with Crippen LogP contribution in [-0.2, 0) is 0 Å². The minimum Gasteiger partial charge on any atom is -0.228 e. The molecular weight excluding hydrogens is 148 g/mol. The van der Waals surface area contributed by atoms with E-state index < -0.39 is 6.30 Å². The van der Waals surface area contributed by atoms with Gasteiger partial charge in [-0.3, -0.25) is 0 Å². The van der Waals surface area contributed by atoms with Gasteiger partial charge < -0.3 is 0 Å². The van der Waals surface area contributed by atoms with Crippen molar-refractivity contribution in [3.05, 3.63) is 0 Å². The van der Waals surface area contributed by atoms with Crippen LogP contribution in [-0.4, -0.2) is 18.0 Å². The van der Waals surface area contributed by atoms with Crippen molar-refractivity contribution in [1.29, 1.82) is 0 Å². The first-order valence-corrected chi connectivity index (χ1v) is 2.87. The Morgan fingerprint density at radius 1 is 1.33 bits per heavy atom. The van der Waals surface area contributed by atoms with Crippen LogP contribution in [0.15, 0.2) is 0 Å². The van der Waals surface area contributed by atoms with Gasteiger partial charge in [0.05, 0.1) is 0 Å². The van der Waals surface area contributed by atoms with E-state index in [2.05, 4.69) is 0 Å². The molecule has 0 saturated carbocycles. The smallest absolute Gasteiger partial charge is 0.180 e. The van der Waals surface area contributed by atoms with Gasteiger partial charge in [0.2, 0.25) is 0 Å².